The zero-order valence-electron chi connectivity index (χ0n) is 20.7. The number of carbonyl (C=O) groups excluding carboxylic acids is 1. The van der Waals surface area contributed by atoms with Crippen LogP contribution in [0.2, 0.25) is 5.04 Å². The Morgan fingerprint density at radius 1 is 0.909 bits per heavy atom. The van der Waals surface area contributed by atoms with Crippen LogP contribution >= 0.6 is 0 Å². The lowest BCUT2D eigenvalue weighted by atomic mass is 10.2. The summed E-state index contributed by atoms with van der Waals surface area (Å²) < 4.78 is 12.5. The van der Waals surface area contributed by atoms with Crippen molar-refractivity contribution in [3.63, 3.8) is 0 Å². The first-order valence-electron chi connectivity index (χ1n) is 11.7. The van der Waals surface area contributed by atoms with Gasteiger partial charge in [-0.15, -0.1) is 0 Å². The number of hydrogen-bond acceptors (Lipinski definition) is 5. The highest BCUT2D eigenvalue weighted by molar-refractivity contribution is 6.99. The molecule has 0 bridgehead atoms. The van der Waals surface area contributed by atoms with Crippen LogP contribution in [0.3, 0.4) is 0 Å². The van der Waals surface area contributed by atoms with E-state index in [0.29, 0.717) is 12.8 Å². The van der Waals surface area contributed by atoms with Gasteiger partial charge in [-0.05, 0) is 49.0 Å². The lowest BCUT2D eigenvalue weighted by Gasteiger charge is -2.45. The van der Waals surface area contributed by atoms with Crippen LogP contribution in [0.5, 0.6) is 0 Å². The van der Waals surface area contributed by atoms with Crippen molar-refractivity contribution in [2.24, 2.45) is 5.73 Å². The summed E-state index contributed by atoms with van der Waals surface area (Å²) in [5.41, 5.74) is 11.8. The molecule has 6 nitrogen and oxygen atoms in total. The minimum absolute atomic E-state index is 0.00994. The number of ether oxygens (including phenoxy) is 1. The minimum atomic E-state index is -2.68. The van der Waals surface area contributed by atoms with Gasteiger partial charge in [-0.1, -0.05) is 81.4 Å². The summed E-state index contributed by atoms with van der Waals surface area (Å²) in [6.07, 6.45) is 0.793. The van der Waals surface area contributed by atoms with Crippen molar-refractivity contribution in [1.29, 1.82) is 0 Å². The van der Waals surface area contributed by atoms with Crippen LogP contribution in [0.25, 0.3) is 0 Å². The van der Waals surface area contributed by atoms with Crippen molar-refractivity contribution in [3.05, 3.63) is 60.7 Å². The van der Waals surface area contributed by atoms with E-state index in [4.69, 9.17) is 14.9 Å². The van der Waals surface area contributed by atoms with Crippen LogP contribution in [0.4, 0.5) is 4.79 Å². The van der Waals surface area contributed by atoms with Crippen LogP contribution in [-0.2, 0) is 9.16 Å². The number of amides is 1. The summed E-state index contributed by atoms with van der Waals surface area (Å²) in [5.74, 6) is 0. The fourth-order valence-corrected chi connectivity index (χ4v) is 9.41. The van der Waals surface area contributed by atoms with Gasteiger partial charge in [0.25, 0.3) is 8.32 Å². The van der Waals surface area contributed by atoms with Crippen molar-refractivity contribution in [1.82, 2.24) is 10.9 Å². The number of nitrogens with two attached hydrogens (primary N) is 1. The molecule has 3 unspecified atom stereocenters. The molecular weight excluding hydrogens is 430 g/mol. The summed E-state index contributed by atoms with van der Waals surface area (Å²) in [6.45, 7) is 12.3. The number of rotatable bonds is 6. The summed E-state index contributed by atoms with van der Waals surface area (Å²) in [5, 5.41) is 2.36. The highest BCUT2D eigenvalue weighted by Crippen LogP contribution is 2.39. The molecule has 1 aliphatic carbocycles. The van der Waals surface area contributed by atoms with E-state index in [1.807, 2.05) is 32.9 Å². The Kier molecular flexibility index (Phi) is 7.68. The summed E-state index contributed by atoms with van der Waals surface area (Å²) >= 11 is 0. The number of hydrazine groups is 1. The Morgan fingerprint density at radius 2 is 1.42 bits per heavy atom. The smallest absolute Gasteiger partial charge is 0.422 e. The highest BCUT2D eigenvalue weighted by atomic mass is 28.4. The molecule has 0 heterocycles. The SMILES string of the molecule is CC(C)(C)OC(=O)NNC1CC(N)C(O[Si](c2ccccc2)(c2ccccc2)C(C)(C)C)C1. The molecule has 0 spiro atoms. The summed E-state index contributed by atoms with van der Waals surface area (Å²) in [6, 6.07) is 21.0. The molecule has 0 radical (unpaired) electrons. The van der Waals surface area contributed by atoms with Crippen molar-refractivity contribution in [2.45, 2.75) is 83.2 Å². The second-order valence-electron chi connectivity index (χ2n) is 10.9. The lowest BCUT2D eigenvalue weighted by Crippen LogP contribution is -2.68. The maximum absolute atomic E-state index is 12.1. The molecule has 1 amide bonds. The van der Waals surface area contributed by atoms with E-state index in [9.17, 15) is 4.79 Å². The minimum Gasteiger partial charge on any atom is -0.443 e. The van der Waals surface area contributed by atoms with Gasteiger partial charge in [-0.3, -0.25) is 5.43 Å². The monoisotopic (exact) mass is 469 g/mol. The van der Waals surface area contributed by atoms with E-state index in [1.54, 1.807) is 0 Å². The van der Waals surface area contributed by atoms with Crippen molar-refractivity contribution < 1.29 is 14.0 Å². The van der Waals surface area contributed by atoms with Gasteiger partial charge in [0.15, 0.2) is 0 Å². The Bertz CT molecular complexity index is 870. The molecule has 1 fully saturated rings. The van der Waals surface area contributed by atoms with Crippen LogP contribution in [0.15, 0.2) is 60.7 Å². The fourth-order valence-electron chi connectivity index (χ4n) is 4.67. The average Bonchev–Trinajstić information content (AvgIpc) is 3.09. The predicted molar refractivity (Wildman–Crippen MR) is 136 cm³/mol. The molecule has 7 heteroatoms. The Morgan fingerprint density at radius 3 is 1.88 bits per heavy atom. The first-order chi connectivity index (χ1) is 15.4. The molecular formula is C26H39N3O3Si. The second kappa shape index (κ2) is 9.97. The second-order valence-corrected chi connectivity index (χ2v) is 15.2. The standard InChI is InChI=1S/C26H39N3O3Si/c1-25(2,3)31-24(30)29-28-19-17-22(27)23(18-19)32-33(26(4,5)6,20-13-9-7-10-14-20)21-15-11-8-12-16-21/h7-16,19,22-23,28H,17-18,27H2,1-6H3,(H,29,30). The first kappa shape index (κ1) is 25.4. The van der Waals surface area contributed by atoms with Crippen LogP contribution in [0.1, 0.15) is 54.4 Å². The third-order valence-electron chi connectivity index (χ3n) is 6.07. The number of carbonyl (C=O) groups is 1. The molecule has 2 aromatic rings. The third kappa shape index (κ3) is 6.03. The number of hydrogen-bond donors (Lipinski definition) is 3. The topological polar surface area (TPSA) is 85.6 Å². The zero-order valence-corrected chi connectivity index (χ0v) is 21.7. The van der Waals surface area contributed by atoms with E-state index in [0.717, 1.165) is 0 Å². The maximum atomic E-state index is 12.1. The number of nitrogens with one attached hydrogen (secondary N) is 2. The van der Waals surface area contributed by atoms with Crippen LogP contribution < -0.4 is 27.0 Å². The normalized spacial score (nSPS) is 21.6. The third-order valence-corrected chi connectivity index (χ3v) is 11.1. The van der Waals surface area contributed by atoms with Gasteiger partial charge in [0.1, 0.15) is 5.60 Å². The van der Waals surface area contributed by atoms with E-state index >= 15 is 0 Å². The Balaban J connectivity index is 1.84. The molecule has 3 rings (SSSR count). The van der Waals surface area contributed by atoms with E-state index in [2.05, 4.69) is 80.2 Å². The molecule has 4 N–H and O–H groups in total. The van der Waals surface area contributed by atoms with Crippen LogP contribution in [-0.4, -0.2) is 38.2 Å². The largest absolute Gasteiger partial charge is 0.443 e. The van der Waals surface area contributed by atoms with Gasteiger partial charge >= 0.3 is 6.09 Å². The molecule has 2 aromatic carbocycles. The van der Waals surface area contributed by atoms with E-state index in [1.165, 1.54) is 10.4 Å². The first-order valence-corrected chi connectivity index (χ1v) is 13.6. The lowest BCUT2D eigenvalue weighted by molar-refractivity contribution is 0.0486. The molecule has 0 aromatic heterocycles. The van der Waals surface area contributed by atoms with Gasteiger partial charge in [0, 0.05) is 12.1 Å². The fraction of sp³-hybridized carbons (Fsp3) is 0.500. The van der Waals surface area contributed by atoms with Crippen molar-refractivity contribution in [2.75, 3.05) is 0 Å². The van der Waals surface area contributed by atoms with E-state index in [-0.39, 0.29) is 23.2 Å². The molecule has 1 saturated carbocycles. The molecule has 3 atom stereocenters. The van der Waals surface area contributed by atoms with Gasteiger partial charge in [-0.2, -0.15) is 0 Å². The Labute approximate surface area is 199 Å². The maximum Gasteiger partial charge on any atom is 0.422 e. The van der Waals surface area contributed by atoms with E-state index < -0.39 is 20.0 Å². The van der Waals surface area contributed by atoms with Gasteiger partial charge in [-0.25, -0.2) is 10.2 Å². The molecule has 0 saturated heterocycles. The highest BCUT2D eigenvalue weighted by Gasteiger charge is 2.53. The zero-order chi connectivity index (χ0) is 24.3. The van der Waals surface area contributed by atoms with Crippen LogP contribution in [0, 0.1) is 0 Å². The molecule has 33 heavy (non-hydrogen) atoms. The predicted octanol–water partition coefficient (Wildman–Crippen LogP) is 3.45. The van der Waals surface area contributed by atoms with Crippen molar-refractivity contribution in [3.8, 4) is 0 Å². The molecule has 1 aliphatic rings. The quantitative estimate of drug-likeness (QED) is 0.446. The molecule has 0 aliphatic heterocycles. The number of benzene rings is 2. The van der Waals surface area contributed by atoms with Gasteiger partial charge in [0.05, 0.1) is 6.10 Å². The van der Waals surface area contributed by atoms with Crippen molar-refractivity contribution >= 4 is 24.8 Å². The summed E-state index contributed by atoms with van der Waals surface area (Å²) in [4.78, 5) is 12.1. The molecule has 180 valence electrons. The van der Waals surface area contributed by atoms with Gasteiger partial charge in [0.2, 0.25) is 0 Å². The van der Waals surface area contributed by atoms with Gasteiger partial charge < -0.3 is 14.9 Å². The summed E-state index contributed by atoms with van der Waals surface area (Å²) in [7, 11) is -2.68. The Hall–Kier alpha value is -2.19. The average molecular weight is 470 g/mol.